The fourth-order valence-corrected chi connectivity index (χ4v) is 4.60. The Balaban J connectivity index is 1.79. The van der Waals surface area contributed by atoms with Crippen LogP contribution in [0.4, 0.5) is 0 Å². The Hall–Kier alpha value is -1.16. The third kappa shape index (κ3) is 2.73. The van der Waals surface area contributed by atoms with Crippen molar-refractivity contribution < 1.29 is 19.1 Å². The number of ketones is 1. The Morgan fingerprint density at radius 3 is 2.67 bits per heavy atom. The van der Waals surface area contributed by atoms with Crippen molar-refractivity contribution in [3.63, 3.8) is 0 Å². The molecule has 0 unspecified atom stereocenters. The van der Waals surface area contributed by atoms with Crippen molar-refractivity contribution in [2.75, 3.05) is 0 Å². The molecule has 2 fully saturated rings. The van der Waals surface area contributed by atoms with Crippen molar-refractivity contribution in [2.24, 2.45) is 29.6 Å². The number of Topliss-reactive ketones (excluding diaryl/α,β-unsaturated/α-hetero) is 1. The first kappa shape index (κ1) is 17.7. The van der Waals surface area contributed by atoms with Gasteiger partial charge in [0.05, 0.1) is 12.0 Å². The normalized spacial score (nSPS) is 44.8. The Morgan fingerprint density at radius 2 is 2.00 bits per heavy atom. The Morgan fingerprint density at radius 1 is 1.29 bits per heavy atom. The van der Waals surface area contributed by atoms with Crippen LogP contribution in [-0.4, -0.2) is 29.6 Å². The maximum Gasteiger partial charge on any atom is 0.343 e. The van der Waals surface area contributed by atoms with Gasteiger partial charge in [0, 0.05) is 5.92 Å². The molecule has 24 heavy (non-hydrogen) atoms. The zero-order valence-corrected chi connectivity index (χ0v) is 15.5. The number of carbonyl (C=O) groups excluding carboxylic acids is 2. The van der Waals surface area contributed by atoms with E-state index in [0.717, 1.165) is 12.8 Å². The molecule has 0 aromatic heterocycles. The van der Waals surface area contributed by atoms with Crippen LogP contribution in [-0.2, 0) is 19.1 Å². The highest BCUT2D eigenvalue weighted by atomic mass is 16.6. The van der Waals surface area contributed by atoms with E-state index in [1.165, 1.54) is 6.42 Å². The quantitative estimate of drug-likeness (QED) is 0.585. The number of rotatable bonds is 3. The maximum absolute atomic E-state index is 13.0. The number of ether oxygens (including phenoxy) is 2. The van der Waals surface area contributed by atoms with E-state index in [0.29, 0.717) is 17.8 Å². The molecule has 4 heteroatoms. The van der Waals surface area contributed by atoms with Gasteiger partial charge in [0.1, 0.15) is 11.9 Å². The van der Waals surface area contributed by atoms with Gasteiger partial charge in [-0.3, -0.25) is 4.79 Å². The van der Waals surface area contributed by atoms with E-state index in [9.17, 15) is 9.59 Å². The van der Waals surface area contributed by atoms with Gasteiger partial charge < -0.3 is 9.47 Å². The molecule has 7 atom stereocenters. The summed E-state index contributed by atoms with van der Waals surface area (Å²) in [5.74, 6) is 0.450. The van der Waals surface area contributed by atoms with Crippen molar-refractivity contribution in [1.82, 2.24) is 0 Å². The summed E-state index contributed by atoms with van der Waals surface area (Å²) < 4.78 is 12.0. The summed E-state index contributed by atoms with van der Waals surface area (Å²) in [6.07, 6.45) is 6.43. The zero-order chi connectivity index (χ0) is 17.6. The van der Waals surface area contributed by atoms with Crippen LogP contribution in [0.5, 0.6) is 0 Å². The van der Waals surface area contributed by atoms with Crippen LogP contribution in [0.1, 0.15) is 53.9 Å². The first-order valence-corrected chi connectivity index (χ1v) is 9.38. The number of hydrogen-bond acceptors (Lipinski definition) is 4. The topological polar surface area (TPSA) is 52.6 Å². The minimum atomic E-state index is -1.21. The molecule has 1 saturated carbocycles. The van der Waals surface area contributed by atoms with E-state index < -0.39 is 11.5 Å². The summed E-state index contributed by atoms with van der Waals surface area (Å²) >= 11 is 0. The highest BCUT2D eigenvalue weighted by Crippen LogP contribution is 2.43. The molecule has 2 bridgehead atoms. The summed E-state index contributed by atoms with van der Waals surface area (Å²) in [6.45, 7) is 10.2. The maximum atomic E-state index is 13.0. The van der Waals surface area contributed by atoms with E-state index in [4.69, 9.17) is 9.47 Å². The van der Waals surface area contributed by atoms with Gasteiger partial charge in [-0.25, -0.2) is 4.79 Å². The minimum Gasteiger partial charge on any atom is -0.460 e. The van der Waals surface area contributed by atoms with Crippen molar-refractivity contribution in [2.45, 2.75) is 71.7 Å². The second-order valence-electron chi connectivity index (χ2n) is 8.42. The second kappa shape index (κ2) is 6.29. The summed E-state index contributed by atoms with van der Waals surface area (Å²) in [4.78, 5) is 25.5. The summed E-state index contributed by atoms with van der Waals surface area (Å²) in [5, 5.41) is 0. The number of fused-ring (bicyclic) bond motifs is 2. The van der Waals surface area contributed by atoms with Crippen molar-refractivity contribution >= 4 is 11.8 Å². The van der Waals surface area contributed by atoms with Gasteiger partial charge >= 0.3 is 5.97 Å². The fourth-order valence-electron chi connectivity index (χ4n) is 4.60. The van der Waals surface area contributed by atoms with Gasteiger partial charge in [0.2, 0.25) is 0 Å². The lowest BCUT2D eigenvalue weighted by Gasteiger charge is -2.42. The molecule has 0 N–H and O–H groups in total. The predicted octanol–water partition coefficient (Wildman–Crippen LogP) is 3.54. The Kier molecular flexibility index (Phi) is 4.63. The predicted molar refractivity (Wildman–Crippen MR) is 91.3 cm³/mol. The molecule has 1 aliphatic carbocycles. The van der Waals surface area contributed by atoms with Gasteiger partial charge in [0.15, 0.2) is 5.60 Å². The molecule has 1 saturated heterocycles. The number of carbonyl (C=O) groups is 2. The highest BCUT2D eigenvalue weighted by Gasteiger charge is 2.58. The van der Waals surface area contributed by atoms with Crippen LogP contribution in [0, 0.1) is 29.6 Å². The summed E-state index contributed by atoms with van der Waals surface area (Å²) in [5.41, 5.74) is -1.21. The molecule has 0 aromatic rings. The molecular weight excluding hydrogens is 304 g/mol. The van der Waals surface area contributed by atoms with Crippen LogP contribution in [0.25, 0.3) is 0 Å². The number of esters is 1. The van der Waals surface area contributed by atoms with Gasteiger partial charge in [-0.05, 0) is 36.7 Å². The van der Waals surface area contributed by atoms with E-state index in [1.54, 1.807) is 13.0 Å². The fraction of sp³-hybridized carbons (Fsp3) is 0.800. The van der Waals surface area contributed by atoms with E-state index in [-0.39, 0.29) is 29.9 Å². The van der Waals surface area contributed by atoms with E-state index in [2.05, 4.69) is 20.8 Å². The van der Waals surface area contributed by atoms with Crippen molar-refractivity contribution in [1.29, 1.82) is 0 Å². The van der Waals surface area contributed by atoms with E-state index >= 15 is 0 Å². The smallest absolute Gasteiger partial charge is 0.343 e. The van der Waals surface area contributed by atoms with Gasteiger partial charge in [-0.15, -0.1) is 0 Å². The molecule has 0 radical (unpaired) electrons. The van der Waals surface area contributed by atoms with Crippen molar-refractivity contribution in [3.8, 4) is 0 Å². The highest BCUT2D eigenvalue weighted by molar-refractivity contribution is 5.96. The molecule has 4 nitrogen and oxygen atoms in total. The van der Waals surface area contributed by atoms with Gasteiger partial charge in [-0.1, -0.05) is 47.1 Å². The van der Waals surface area contributed by atoms with Gasteiger partial charge in [-0.2, -0.15) is 0 Å². The molecule has 2 aliphatic heterocycles. The first-order chi connectivity index (χ1) is 11.3. The number of hydrogen-bond donors (Lipinski definition) is 0. The minimum absolute atomic E-state index is 0.0756. The van der Waals surface area contributed by atoms with Crippen LogP contribution >= 0.6 is 0 Å². The van der Waals surface area contributed by atoms with Crippen LogP contribution in [0.15, 0.2) is 12.2 Å². The molecule has 0 spiro atoms. The monoisotopic (exact) mass is 334 g/mol. The summed E-state index contributed by atoms with van der Waals surface area (Å²) in [6, 6.07) is 0. The molecule has 0 aromatic carbocycles. The van der Waals surface area contributed by atoms with Crippen LogP contribution < -0.4 is 0 Å². The van der Waals surface area contributed by atoms with E-state index in [1.807, 2.05) is 13.0 Å². The Labute approximate surface area is 145 Å². The molecule has 2 heterocycles. The lowest BCUT2D eigenvalue weighted by Crippen LogP contribution is -2.56. The molecule has 3 rings (SSSR count). The molecular formula is C20H30O4. The third-order valence-electron chi connectivity index (χ3n) is 6.42. The van der Waals surface area contributed by atoms with Crippen LogP contribution in [0.2, 0.25) is 0 Å². The molecule has 0 amide bonds. The molecule has 134 valence electrons. The lowest BCUT2D eigenvalue weighted by atomic mass is 9.75. The SMILES string of the molecule is CC(C)[C@H]1CC[C@H](C)C[C@@H]1OC(=O)[C@]12C=C[C@@H](O1)[C@@H](C)C(=O)[C@H]2C. The Bertz CT molecular complexity index is 552. The average molecular weight is 334 g/mol. The first-order valence-electron chi connectivity index (χ1n) is 9.38. The lowest BCUT2D eigenvalue weighted by molar-refractivity contribution is -0.196. The third-order valence-corrected chi connectivity index (χ3v) is 6.42. The average Bonchev–Trinajstić information content (AvgIpc) is 2.95. The van der Waals surface area contributed by atoms with Gasteiger partial charge in [0.25, 0.3) is 0 Å². The standard InChI is InChI=1S/C20H30O4/c1-11(2)15-7-6-12(3)10-17(15)23-19(22)20-9-8-16(24-20)13(4)18(21)14(20)5/h8-9,11-17H,6-7,10H2,1-5H3/t12-,13+,14+,15+,16+,17-,20+/m0/s1. The molecule has 3 aliphatic rings. The zero-order valence-electron chi connectivity index (χ0n) is 15.5. The summed E-state index contributed by atoms with van der Waals surface area (Å²) in [7, 11) is 0. The van der Waals surface area contributed by atoms with Crippen LogP contribution in [0.3, 0.4) is 0 Å². The van der Waals surface area contributed by atoms with Crippen molar-refractivity contribution in [3.05, 3.63) is 12.2 Å². The second-order valence-corrected chi connectivity index (χ2v) is 8.42. The largest absolute Gasteiger partial charge is 0.460 e.